The van der Waals surface area contributed by atoms with Gasteiger partial charge >= 0.3 is 0 Å². The Morgan fingerprint density at radius 2 is 2.22 bits per heavy atom. The highest BCUT2D eigenvalue weighted by atomic mass is 35.5. The molecule has 1 heterocycles. The molecule has 0 fully saturated rings. The molecule has 0 atom stereocenters. The monoisotopic (exact) mass is 335 g/mol. The van der Waals surface area contributed by atoms with Crippen molar-refractivity contribution in [3.05, 3.63) is 35.1 Å². The second-order valence-corrected chi connectivity index (χ2v) is 4.73. The van der Waals surface area contributed by atoms with E-state index in [0.717, 1.165) is 0 Å². The summed E-state index contributed by atoms with van der Waals surface area (Å²) in [5.74, 6) is 0.579. The minimum Gasteiger partial charge on any atom is -0.438 e. The van der Waals surface area contributed by atoms with Crippen molar-refractivity contribution in [3.8, 4) is 11.6 Å². The summed E-state index contributed by atoms with van der Waals surface area (Å²) >= 11 is 6.10. The molecule has 2 aromatic rings. The average molecular weight is 336 g/mol. The van der Waals surface area contributed by atoms with Gasteiger partial charge in [0.05, 0.1) is 16.9 Å². The van der Waals surface area contributed by atoms with Crippen LogP contribution in [0.15, 0.2) is 29.7 Å². The van der Waals surface area contributed by atoms with E-state index in [-0.39, 0.29) is 17.6 Å². The summed E-state index contributed by atoms with van der Waals surface area (Å²) < 4.78 is 5.65. The van der Waals surface area contributed by atoms with Crippen LogP contribution in [0.5, 0.6) is 11.6 Å². The first-order chi connectivity index (χ1) is 11.0. The van der Waals surface area contributed by atoms with Gasteiger partial charge in [-0.2, -0.15) is 0 Å². The molecule has 0 saturated carbocycles. The maximum absolute atomic E-state index is 11.1. The molecule has 9 heteroatoms. The maximum Gasteiger partial charge on any atom is 0.233 e. The Morgan fingerprint density at radius 3 is 2.87 bits per heavy atom. The summed E-state index contributed by atoms with van der Waals surface area (Å²) in [5.41, 5.74) is 6.63. The van der Waals surface area contributed by atoms with Crippen molar-refractivity contribution in [2.24, 2.45) is 5.16 Å². The van der Waals surface area contributed by atoms with Crippen molar-refractivity contribution in [3.63, 3.8) is 0 Å². The third-order valence-electron chi connectivity index (χ3n) is 2.63. The molecule has 0 aliphatic carbocycles. The number of carbonyl (C=O) groups is 1. The number of halogens is 1. The number of nitrogens with zero attached hydrogens (tertiary/aromatic N) is 3. The number of aromatic nitrogens is 2. The number of rotatable bonds is 5. The van der Waals surface area contributed by atoms with Crippen molar-refractivity contribution < 1.29 is 14.4 Å². The lowest BCUT2D eigenvalue weighted by atomic mass is 10.3. The number of carbonyl (C=O) groups excluding carboxylic acids is 1. The van der Waals surface area contributed by atoms with Crippen LogP contribution in [0.1, 0.15) is 12.5 Å². The summed E-state index contributed by atoms with van der Waals surface area (Å²) in [6.07, 6.45) is 2.61. The molecular weight excluding hydrogens is 322 g/mol. The van der Waals surface area contributed by atoms with Crippen LogP contribution in [0, 0.1) is 0 Å². The van der Waals surface area contributed by atoms with Crippen LogP contribution < -0.4 is 15.8 Å². The van der Waals surface area contributed by atoms with E-state index < -0.39 is 0 Å². The fourth-order valence-electron chi connectivity index (χ4n) is 1.66. The number of anilines is 2. The van der Waals surface area contributed by atoms with Crippen LogP contribution in [0.4, 0.5) is 11.5 Å². The van der Waals surface area contributed by atoms with Gasteiger partial charge in [0, 0.05) is 13.0 Å². The van der Waals surface area contributed by atoms with Crippen LogP contribution in [0.25, 0.3) is 0 Å². The Morgan fingerprint density at radius 1 is 1.43 bits per heavy atom. The lowest BCUT2D eigenvalue weighted by Gasteiger charge is -2.10. The molecule has 1 amide bonds. The molecule has 1 aromatic carbocycles. The number of hydrogen-bond acceptors (Lipinski definition) is 7. The predicted octanol–water partition coefficient (Wildman–Crippen LogP) is 2.44. The van der Waals surface area contributed by atoms with Crippen LogP contribution in [0.2, 0.25) is 5.02 Å². The van der Waals surface area contributed by atoms with Gasteiger partial charge in [-0.3, -0.25) is 4.79 Å². The van der Waals surface area contributed by atoms with Crippen molar-refractivity contribution in [1.29, 1.82) is 0 Å². The second-order valence-electron chi connectivity index (χ2n) is 4.32. The Labute approximate surface area is 137 Å². The van der Waals surface area contributed by atoms with Crippen LogP contribution >= 0.6 is 11.6 Å². The Kier molecular flexibility index (Phi) is 5.32. The van der Waals surface area contributed by atoms with Crippen molar-refractivity contribution in [2.45, 2.75) is 6.92 Å². The average Bonchev–Trinajstić information content (AvgIpc) is 2.49. The second kappa shape index (κ2) is 7.41. The van der Waals surface area contributed by atoms with Gasteiger partial charge in [-0.25, -0.2) is 9.97 Å². The number of hydrogen-bond donors (Lipinski definition) is 2. The highest BCUT2D eigenvalue weighted by Crippen LogP contribution is 2.30. The third kappa shape index (κ3) is 4.30. The molecule has 0 saturated heterocycles. The summed E-state index contributed by atoms with van der Waals surface area (Å²) in [6.45, 7) is 1.39. The number of nitrogen functional groups attached to an aromatic ring is 1. The molecule has 120 valence electrons. The zero-order valence-corrected chi connectivity index (χ0v) is 13.2. The van der Waals surface area contributed by atoms with E-state index in [2.05, 4.69) is 25.3 Å². The van der Waals surface area contributed by atoms with E-state index in [4.69, 9.17) is 22.1 Å². The lowest BCUT2D eigenvalue weighted by Crippen LogP contribution is -2.06. The topological polar surface area (TPSA) is 112 Å². The highest BCUT2D eigenvalue weighted by Gasteiger charge is 2.11. The smallest absolute Gasteiger partial charge is 0.233 e. The van der Waals surface area contributed by atoms with E-state index in [1.54, 1.807) is 18.2 Å². The first kappa shape index (κ1) is 16.5. The highest BCUT2D eigenvalue weighted by molar-refractivity contribution is 6.33. The summed E-state index contributed by atoms with van der Waals surface area (Å²) in [5, 5.41) is 6.56. The minimum absolute atomic E-state index is 0.191. The fraction of sp³-hybridized carbons (Fsp3) is 0.143. The molecule has 3 N–H and O–H groups in total. The van der Waals surface area contributed by atoms with Gasteiger partial charge in [0.1, 0.15) is 30.6 Å². The normalized spacial score (nSPS) is 10.6. The quantitative estimate of drug-likeness (QED) is 0.641. The van der Waals surface area contributed by atoms with E-state index >= 15 is 0 Å². The van der Waals surface area contributed by atoms with Gasteiger partial charge in [0.2, 0.25) is 11.8 Å². The van der Waals surface area contributed by atoms with Crippen LogP contribution in [-0.4, -0.2) is 29.2 Å². The van der Waals surface area contributed by atoms with E-state index in [1.807, 2.05) is 0 Å². The number of nitrogens with two attached hydrogens (primary N) is 1. The molecule has 0 spiro atoms. The largest absolute Gasteiger partial charge is 0.438 e. The molecular formula is C14H14ClN5O3. The minimum atomic E-state index is -0.220. The first-order valence-electron chi connectivity index (χ1n) is 6.43. The predicted molar refractivity (Wildman–Crippen MR) is 86.9 cm³/mol. The Balaban J connectivity index is 2.29. The van der Waals surface area contributed by atoms with Gasteiger partial charge in [0.15, 0.2) is 0 Å². The SMILES string of the molecule is CO/N=C/c1c(N)ncnc1Oc1ccc(NC(C)=O)c(Cl)c1. The molecule has 0 radical (unpaired) electrons. The third-order valence-corrected chi connectivity index (χ3v) is 2.94. The Bertz CT molecular complexity index is 751. The van der Waals surface area contributed by atoms with E-state index in [1.165, 1.54) is 26.6 Å². The lowest BCUT2D eigenvalue weighted by molar-refractivity contribution is -0.114. The molecule has 8 nitrogen and oxygen atoms in total. The van der Waals surface area contributed by atoms with Gasteiger partial charge < -0.3 is 20.6 Å². The van der Waals surface area contributed by atoms with Crippen molar-refractivity contribution in [1.82, 2.24) is 9.97 Å². The first-order valence-corrected chi connectivity index (χ1v) is 6.81. The van der Waals surface area contributed by atoms with Gasteiger partial charge in [-0.15, -0.1) is 0 Å². The number of ether oxygens (including phenoxy) is 1. The standard InChI is InChI=1S/C14H14ClN5O3/c1-8(21)20-12-4-3-9(5-11(12)15)23-14-10(6-19-22-2)13(16)17-7-18-14/h3-7H,1-2H3,(H,20,21)(H2,16,17,18)/b19-6+. The van der Waals surface area contributed by atoms with Crippen LogP contribution in [0.3, 0.4) is 0 Å². The molecule has 0 aliphatic heterocycles. The van der Waals surface area contributed by atoms with Crippen molar-refractivity contribution in [2.75, 3.05) is 18.2 Å². The van der Waals surface area contributed by atoms with E-state index in [0.29, 0.717) is 22.0 Å². The molecule has 0 bridgehead atoms. The molecule has 0 aliphatic rings. The molecule has 23 heavy (non-hydrogen) atoms. The maximum atomic E-state index is 11.1. The van der Waals surface area contributed by atoms with Gasteiger partial charge in [-0.05, 0) is 12.1 Å². The number of nitrogens with one attached hydrogen (secondary N) is 1. The molecule has 2 rings (SSSR count). The van der Waals surface area contributed by atoms with Crippen LogP contribution in [-0.2, 0) is 9.63 Å². The number of benzene rings is 1. The zero-order valence-electron chi connectivity index (χ0n) is 12.4. The number of amides is 1. The zero-order chi connectivity index (χ0) is 16.8. The summed E-state index contributed by atoms with van der Waals surface area (Å²) in [7, 11) is 1.40. The van der Waals surface area contributed by atoms with E-state index in [9.17, 15) is 4.79 Å². The molecule has 1 aromatic heterocycles. The molecule has 0 unspecified atom stereocenters. The summed E-state index contributed by atoms with van der Waals surface area (Å²) in [6, 6.07) is 4.79. The fourth-order valence-corrected chi connectivity index (χ4v) is 1.88. The van der Waals surface area contributed by atoms with Gasteiger partial charge in [0.25, 0.3) is 0 Å². The van der Waals surface area contributed by atoms with Gasteiger partial charge in [-0.1, -0.05) is 16.8 Å². The summed E-state index contributed by atoms with van der Waals surface area (Å²) in [4.78, 5) is 23.6. The number of oxime groups is 1. The Hall–Kier alpha value is -2.87. The van der Waals surface area contributed by atoms with Crippen molar-refractivity contribution >= 4 is 35.2 Å².